The van der Waals surface area contributed by atoms with Crippen molar-refractivity contribution in [2.75, 3.05) is 0 Å². The van der Waals surface area contributed by atoms with Crippen molar-refractivity contribution in [2.24, 2.45) is 0 Å². The minimum atomic E-state index is -4.82. The second kappa shape index (κ2) is 9.55. The van der Waals surface area contributed by atoms with E-state index in [9.17, 15) is 32.7 Å². The van der Waals surface area contributed by atoms with E-state index in [0.717, 1.165) is 17.3 Å². The number of carbonyl (C=O) groups is 2. The number of alkyl halides is 3. The molecule has 0 bridgehead atoms. The maximum absolute atomic E-state index is 14.7. The van der Waals surface area contributed by atoms with Crippen molar-refractivity contribution in [1.29, 1.82) is 0 Å². The van der Waals surface area contributed by atoms with Gasteiger partial charge in [-0.25, -0.2) is 9.59 Å². The Bertz CT molecular complexity index is 1730. The number of carboxylic acid groups (broad SMARTS) is 1. The lowest BCUT2D eigenvalue weighted by Gasteiger charge is -2.20. The summed E-state index contributed by atoms with van der Waals surface area (Å²) in [5.74, 6) is -1.48. The molecule has 2 heterocycles. The van der Waals surface area contributed by atoms with E-state index in [2.05, 4.69) is 0 Å². The maximum atomic E-state index is 14.7. The highest BCUT2D eigenvalue weighted by Crippen LogP contribution is 2.45. The van der Waals surface area contributed by atoms with Gasteiger partial charge in [0, 0.05) is 30.7 Å². The van der Waals surface area contributed by atoms with Gasteiger partial charge in [0.1, 0.15) is 12.2 Å². The summed E-state index contributed by atoms with van der Waals surface area (Å²) >= 11 is 0. The van der Waals surface area contributed by atoms with Crippen molar-refractivity contribution in [3.63, 3.8) is 0 Å². The fourth-order valence-electron chi connectivity index (χ4n) is 5.27. The second-order valence-electron chi connectivity index (χ2n) is 10.1. The lowest BCUT2D eigenvalue weighted by molar-refractivity contribution is -0.136. The molecule has 6 rings (SSSR count). The molecule has 1 aliphatic heterocycles. The van der Waals surface area contributed by atoms with E-state index in [1.54, 1.807) is 18.2 Å². The molecule has 1 N–H and O–H groups in total. The van der Waals surface area contributed by atoms with Crippen LogP contribution in [0.5, 0.6) is 0 Å². The monoisotopic (exact) mass is 548 g/mol. The molecule has 1 aliphatic carbocycles. The number of ether oxygens (including phenoxy) is 1. The molecule has 0 saturated heterocycles. The van der Waals surface area contributed by atoms with E-state index in [0.29, 0.717) is 18.4 Å². The molecule has 0 unspecified atom stereocenters. The van der Waals surface area contributed by atoms with Crippen LogP contribution in [0.1, 0.15) is 51.5 Å². The zero-order valence-electron chi connectivity index (χ0n) is 21.1. The van der Waals surface area contributed by atoms with Crippen LogP contribution in [-0.2, 0) is 30.6 Å². The summed E-state index contributed by atoms with van der Waals surface area (Å²) in [5.41, 5.74) is -0.302. The number of aromatic nitrogens is 1. The average molecular weight is 549 g/mol. The van der Waals surface area contributed by atoms with Crippen molar-refractivity contribution < 1.29 is 32.6 Å². The molecule has 7 nitrogen and oxygen atoms in total. The van der Waals surface area contributed by atoms with E-state index in [4.69, 9.17) is 4.74 Å². The third-order valence-electron chi connectivity index (χ3n) is 7.35. The van der Waals surface area contributed by atoms with Crippen LogP contribution in [0.2, 0.25) is 0 Å². The molecule has 1 fully saturated rings. The SMILES string of the molecule is O=C(O)c1cn(C2CC2)c2c(C(F)(F)F)c(-c3ccc4c(c3)CN(C(=O)OCc3ccccc3)C4)ccc2c1=O. The Labute approximate surface area is 226 Å². The molecule has 40 heavy (non-hydrogen) atoms. The quantitative estimate of drug-likeness (QED) is 0.313. The van der Waals surface area contributed by atoms with Crippen LogP contribution in [0.4, 0.5) is 18.0 Å². The number of nitrogens with zero attached hydrogens (tertiary/aromatic N) is 2. The van der Waals surface area contributed by atoms with Gasteiger partial charge in [-0.2, -0.15) is 13.2 Å². The molecular weight excluding hydrogens is 525 g/mol. The van der Waals surface area contributed by atoms with E-state index in [1.807, 2.05) is 30.3 Å². The zero-order chi connectivity index (χ0) is 28.2. The Morgan fingerprint density at radius 1 is 0.975 bits per heavy atom. The first kappa shape index (κ1) is 25.7. The van der Waals surface area contributed by atoms with Gasteiger partial charge in [0.15, 0.2) is 0 Å². The molecule has 3 aromatic carbocycles. The predicted octanol–water partition coefficient (Wildman–Crippen LogP) is 6.37. The minimum Gasteiger partial charge on any atom is -0.477 e. The van der Waals surface area contributed by atoms with Gasteiger partial charge in [-0.15, -0.1) is 0 Å². The largest absolute Gasteiger partial charge is 0.477 e. The van der Waals surface area contributed by atoms with Crippen LogP contribution in [0.15, 0.2) is 71.7 Å². The fourth-order valence-corrected chi connectivity index (χ4v) is 5.27. The van der Waals surface area contributed by atoms with Crippen molar-refractivity contribution in [2.45, 2.75) is 44.8 Å². The van der Waals surface area contributed by atoms with Crippen LogP contribution >= 0.6 is 0 Å². The van der Waals surface area contributed by atoms with E-state index >= 15 is 0 Å². The zero-order valence-corrected chi connectivity index (χ0v) is 21.1. The molecule has 10 heteroatoms. The van der Waals surface area contributed by atoms with E-state index < -0.39 is 34.8 Å². The molecule has 0 atom stereocenters. The molecule has 1 aromatic heterocycles. The third-order valence-corrected chi connectivity index (χ3v) is 7.35. The smallest absolute Gasteiger partial charge is 0.419 e. The number of aromatic carboxylic acids is 1. The molecule has 0 radical (unpaired) electrons. The molecule has 204 valence electrons. The predicted molar refractivity (Wildman–Crippen MR) is 140 cm³/mol. The summed E-state index contributed by atoms with van der Waals surface area (Å²) in [7, 11) is 0. The maximum Gasteiger partial charge on any atom is 0.419 e. The van der Waals surface area contributed by atoms with Gasteiger partial charge in [0.2, 0.25) is 5.43 Å². The standard InChI is InChI=1S/C30H23F3N2O5/c31-30(32,33)25-22(10-11-23-26(25)35(21-8-9-21)15-24(27(23)36)28(37)38)18-6-7-19-13-34(14-20(19)12-18)29(39)40-16-17-4-2-1-3-5-17/h1-7,10-12,15,21H,8-9,13-14,16H2,(H,37,38). The summed E-state index contributed by atoms with van der Waals surface area (Å²) in [6, 6.07) is 16.3. The Hall–Kier alpha value is -4.60. The Kier molecular flexibility index (Phi) is 6.13. The first-order valence-corrected chi connectivity index (χ1v) is 12.7. The number of pyridine rings is 1. The number of carboxylic acids is 1. The first-order chi connectivity index (χ1) is 19.1. The van der Waals surface area contributed by atoms with E-state index in [1.165, 1.54) is 21.6 Å². The Morgan fingerprint density at radius 3 is 2.38 bits per heavy atom. The number of fused-ring (bicyclic) bond motifs is 2. The lowest BCUT2D eigenvalue weighted by Crippen LogP contribution is -2.25. The molecule has 0 spiro atoms. The number of hydrogen-bond donors (Lipinski definition) is 1. The molecule has 1 saturated carbocycles. The number of hydrogen-bond acceptors (Lipinski definition) is 4. The van der Waals surface area contributed by atoms with Crippen molar-refractivity contribution in [1.82, 2.24) is 9.47 Å². The highest BCUT2D eigenvalue weighted by molar-refractivity contribution is 5.96. The molecule has 2 aliphatic rings. The number of benzene rings is 3. The highest BCUT2D eigenvalue weighted by Gasteiger charge is 2.40. The summed E-state index contributed by atoms with van der Waals surface area (Å²) in [6.45, 7) is 0.558. The number of amides is 1. The summed E-state index contributed by atoms with van der Waals surface area (Å²) in [4.78, 5) is 38.7. The minimum absolute atomic E-state index is 0.107. The van der Waals surface area contributed by atoms with Crippen molar-refractivity contribution >= 4 is 23.0 Å². The van der Waals surface area contributed by atoms with Gasteiger partial charge in [-0.1, -0.05) is 48.5 Å². The summed E-state index contributed by atoms with van der Waals surface area (Å²) in [6.07, 6.45) is -3.13. The molecular formula is C30H23F3N2O5. The molecule has 4 aromatic rings. The number of carbonyl (C=O) groups excluding carboxylic acids is 1. The van der Waals surface area contributed by atoms with Crippen molar-refractivity contribution in [3.8, 4) is 11.1 Å². The van der Waals surface area contributed by atoms with Crippen LogP contribution in [0.3, 0.4) is 0 Å². The van der Waals surface area contributed by atoms with Crippen LogP contribution < -0.4 is 5.43 Å². The van der Waals surface area contributed by atoms with Gasteiger partial charge in [-0.3, -0.25) is 9.69 Å². The van der Waals surface area contributed by atoms with Crippen molar-refractivity contribution in [3.05, 3.63) is 105 Å². The van der Waals surface area contributed by atoms with Crippen LogP contribution in [0, 0.1) is 0 Å². The number of rotatable bonds is 5. The van der Waals surface area contributed by atoms with Gasteiger partial charge >= 0.3 is 18.2 Å². The fraction of sp³-hybridized carbons (Fsp3) is 0.233. The normalized spacial score (nSPS) is 14.8. The van der Waals surface area contributed by atoms with Crippen LogP contribution in [0.25, 0.3) is 22.0 Å². The average Bonchev–Trinajstić information content (AvgIpc) is 3.68. The number of halogens is 3. The first-order valence-electron chi connectivity index (χ1n) is 12.7. The second-order valence-corrected chi connectivity index (χ2v) is 10.1. The summed E-state index contributed by atoms with van der Waals surface area (Å²) < 4.78 is 50.8. The third kappa shape index (κ3) is 4.59. The van der Waals surface area contributed by atoms with Gasteiger partial charge in [0.25, 0.3) is 0 Å². The lowest BCUT2D eigenvalue weighted by atomic mass is 9.93. The molecule has 1 amide bonds. The highest BCUT2D eigenvalue weighted by atomic mass is 19.4. The van der Waals surface area contributed by atoms with Gasteiger partial charge in [0.05, 0.1) is 11.1 Å². The topological polar surface area (TPSA) is 88.8 Å². The summed E-state index contributed by atoms with van der Waals surface area (Å²) in [5, 5.41) is 9.20. The van der Waals surface area contributed by atoms with Crippen LogP contribution in [-0.4, -0.2) is 26.6 Å². The van der Waals surface area contributed by atoms with Gasteiger partial charge in [-0.05, 0) is 52.8 Å². The van der Waals surface area contributed by atoms with E-state index in [-0.39, 0.29) is 47.8 Å². The van der Waals surface area contributed by atoms with Gasteiger partial charge < -0.3 is 14.4 Å². The Balaban J connectivity index is 1.38. The Morgan fingerprint density at radius 2 is 1.70 bits per heavy atom.